The third-order valence-electron chi connectivity index (χ3n) is 4.79. The van der Waals surface area contributed by atoms with Crippen LogP contribution in [-0.4, -0.2) is 50.2 Å². The Bertz CT molecular complexity index is 457. The second-order valence-corrected chi connectivity index (χ2v) is 6.95. The van der Waals surface area contributed by atoms with Crippen molar-refractivity contribution in [1.29, 1.82) is 0 Å². The first-order chi connectivity index (χ1) is 10.2. The Hall–Kier alpha value is -0.770. The highest BCUT2D eigenvalue weighted by Crippen LogP contribution is 2.22. The molecule has 0 amide bonds. The van der Waals surface area contributed by atoms with Gasteiger partial charge in [0, 0.05) is 49.5 Å². The molecule has 0 bridgehead atoms. The molecule has 0 aliphatic carbocycles. The van der Waals surface area contributed by atoms with Gasteiger partial charge in [0.1, 0.15) is 0 Å². The number of hydrogen-bond acceptors (Lipinski definition) is 3. The maximum Gasteiger partial charge on any atom is 0.0426 e. The Morgan fingerprint density at radius 3 is 2.76 bits per heavy atom. The summed E-state index contributed by atoms with van der Waals surface area (Å²) in [5.74, 6) is 0.874. The lowest BCUT2D eigenvalue weighted by atomic mass is 9.92. The molecule has 2 saturated heterocycles. The number of halogens is 1. The quantitative estimate of drug-likeness (QED) is 0.926. The van der Waals surface area contributed by atoms with Crippen LogP contribution in [0.1, 0.15) is 19.8 Å². The molecule has 2 aliphatic heterocycles. The van der Waals surface area contributed by atoms with Crippen LogP contribution in [0.15, 0.2) is 24.3 Å². The molecule has 0 spiro atoms. The first kappa shape index (κ1) is 15.1. The second kappa shape index (κ2) is 6.99. The maximum atomic E-state index is 6.09. The van der Waals surface area contributed by atoms with E-state index < -0.39 is 0 Å². The SMILES string of the molecule is CC1CC(CN2CCN(c3cccc(Cl)c3)CC2)CCN1. The van der Waals surface area contributed by atoms with E-state index in [9.17, 15) is 0 Å². The third-order valence-corrected chi connectivity index (χ3v) is 5.03. The Balaban J connectivity index is 1.48. The molecule has 116 valence electrons. The minimum atomic E-state index is 0.691. The molecule has 3 nitrogen and oxygen atoms in total. The Morgan fingerprint density at radius 2 is 2.05 bits per heavy atom. The lowest BCUT2D eigenvalue weighted by Gasteiger charge is -2.39. The number of piperidine rings is 1. The van der Waals surface area contributed by atoms with Crippen molar-refractivity contribution >= 4 is 17.3 Å². The highest BCUT2D eigenvalue weighted by Gasteiger charge is 2.23. The van der Waals surface area contributed by atoms with Crippen molar-refractivity contribution in [2.24, 2.45) is 5.92 Å². The zero-order chi connectivity index (χ0) is 14.7. The van der Waals surface area contributed by atoms with Gasteiger partial charge in [-0.15, -0.1) is 0 Å². The summed E-state index contributed by atoms with van der Waals surface area (Å²) >= 11 is 6.09. The van der Waals surface area contributed by atoms with E-state index in [1.54, 1.807) is 0 Å². The molecule has 1 N–H and O–H groups in total. The van der Waals surface area contributed by atoms with Crippen LogP contribution in [0.3, 0.4) is 0 Å². The number of hydrogen-bond donors (Lipinski definition) is 1. The molecule has 2 atom stereocenters. The van der Waals surface area contributed by atoms with Crippen molar-refractivity contribution in [2.75, 3.05) is 44.2 Å². The van der Waals surface area contributed by atoms with Crippen LogP contribution in [0.4, 0.5) is 5.69 Å². The lowest BCUT2D eigenvalue weighted by molar-refractivity contribution is 0.184. The monoisotopic (exact) mass is 307 g/mol. The summed E-state index contributed by atoms with van der Waals surface area (Å²) in [6.07, 6.45) is 2.66. The molecule has 3 rings (SSSR count). The van der Waals surface area contributed by atoms with E-state index in [1.165, 1.54) is 44.7 Å². The van der Waals surface area contributed by atoms with Crippen molar-refractivity contribution in [2.45, 2.75) is 25.8 Å². The summed E-state index contributed by atoms with van der Waals surface area (Å²) in [5.41, 5.74) is 1.26. The van der Waals surface area contributed by atoms with E-state index in [1.807, 2.05) is 12.1 Å². The molecule has 2 heterocycles. The van der Waals surface area contributed by atoms with Crippen LogP contribution < -0.4 is 10.2 Å². The number of nitrogens with one attached hydrogen (secondary N) is 1. The van der Waals surface area contributed by atoms with E-state index in [0.717, 1.165) is 24.0 Å². The number of piperazine rings is 1. The summed E-state index contributed by atoms with van der Waals surface area (Å²) < 4.78 is 0. The highest BCUT2D eigenvalue weighted by atomic mass is 35.5. The van der Waals surface area contributed by atoms with Gasteiger partial charge in [-0.25, -0.2) is 0 Å². The summed E-state index contributed by atoms with van der Waals surface area (Å²) in [7, 11) is 0. The smallest absolute Gasteiger partial charge is 0.0426 e. The summed E-state index contributed by atoms with van der Waals surface area (Å²) in [4.78, 5) is 5.09. The Labute approximate surface area is 133 Å². The molecule has 1 aromatic carbocycles. The van der Waals surface area contributed by atoms with Gasteiger partial charge in [-0.3, -0.25) is 4.90 Å². The van der Waals surface area contributed by atoms with Gasteiger partial charge in [-0.1, -0.05) is 17.7 Å². The minimum Gasteiger partial charge on any atom is -0.369 e. The molecule has 4 heteroatoms. The van der Waals surface area contributed by atoms with E-state index in [2.05, 4.69) is 34.2 Å². The van der Waals surface area contributed by atoms with Crippen molar-refractivity contribution in [3.63, 3.8) is 0 Å². The van der Waals surface area contributed by atoms with Crippen molar-refractivity contribution < 1.29 is 0 Å². The van der Waals surface area contributed by atoms with E-state index in [-0.39, 0.29) is 0 Å². The highest BCUT2D eigenvalue weighted by molar-refractivity contribution is 6.30. The zero-order valence-electron chi connectivity index (χ0n) is 12.9. The largest absolute Gasteiger partial charge is 0.369 e. The van der Waals surface area contributed by atoms with Gasteiger partial charge >= 0.3 is 0 Å². The Kier molecular flexibility index (Phi) is 5.04. The van der Waals surface area contributed by atoms with E-state index >= 15 is 0 Å². The van der Waals surface area contributed by atoms with Crippen LogP contribution in [-0.2, 0) is 0 Å². The zero-order valence-corrected chi connectivity index (χ0v) is 13.6. The molecule has 0 saturated carbocycles. The minimum absolute atomic E-state index is 0.691. The summed E-state index contributed by atoms with van der Waals surface area (Å²) in [6.45, 7) is 9.34. The van der Waals surface area contributed by atoms with Crippen molar-refractivity contribution in [1.82, 2.24) is 10.2 Å². The molecule has 2 aliphatic rings. The molecule has 2 fully saturated rings. The van der Waals surface area contributed by atoms with Crippen LogP contribution in [0.5, 0.6) is 0 Å². The molecule has 0 radical (unpaired) electrons. The lowest BCUT2D eigenvalue weighted by Crippen LogP contribution is -2.49. The summed E-state index contributed by atoms with van der Waals surface area (Å²) in [6, 6.07) is 8.92. The second-order valence-electron chi connectivity index (χ2n) is 6.51. The van der Waals surface area contributed by atoms with Gasteiger partial charge in [-0.05, 0) is 50.4 Å². The average molecular weight is 308 g/mol. The predicted octanol–water partition coefficient (Wildman–Crippen LogP) is 2.85. The van der Waals surface area contributed by atoms with E-state index in [4.69, 9.17) is 11.6 Å². The fraction of sp³-hybridized carbons (Fsp3) is 0.647. The van der Waals surface area contributed by atoms with Crippen molar-refractivity contribution in [3.05, 3.63) is 29.3 Å². The predicted molar refractivity (Wildman–Crippen MR) is 90.3 cm³/mol. The number of nitrogens with zero attached hydrogens (tertiary/aromatic N) is 2. The first-order valence-electron chi connectivity index (χ1n) is 8.17. The molecular weight excluding hydrogens is 282 g/mol. The number of rotatable bonds is 3. The van der Waals surface area contributed by atoms with Gasteiger partial charge in [0.25, 0.3) is 0 Å². The normalized spacial score (nSPS) is 27.8. The first-order valence-corrected chi connectivity index (χ1v) is 8.55. The van der Waals surface area contributed by atoms with Crippen LogP contribution >= 0.6 is 11.6 Å². The average Bonchev–Trinajstić information content (AvgIpc) is 2.48. The maximum absolute atomic E-state index is 6.09. The van der Waals surface area contributed by atoms with Gasteiger partial charge in [0.05, 0.1) is 0 Å². The van der Waals surface area contributed by atoms with Gasteiger partial charge in [-0.2, -0.15) is 0 Å². The third kappa shape index (κ3) is 4.12. The van der Waals surface area contributed by atoms with Crippen LogP contribution in [0.2, 0.25) is 5.02 Å². The Morgan fingerprint density at radius 1 is 1.24 bits per heavy atom. The summed E-state index contributed by atoms with van der Waals surface area (Å²) in [5, 5.41) is 4.38. The van der Waals surface area contributed by atoms with E-state index in [0.29, 0.717) is 6.04 Å². The van der Waals surface area contributed by atoms with Crippen LogP contribution in [0, 0.1) is 5.92 Å². The molecule has 0 aromatic heterocycles. The fourth-order valence-electron chi connectivity index (χ4n) is 3.63. The molecule has 2 unspecified atom stereocenters. The topological polar surface area (TPSA) is 18.5 Å². The van der Waals surface area contributed by atoms with Crippen molar-refractivity contribution in [3.8, 4) is 0 Å². The molecule has 1 aromatic rings. The van der Waals surface area contributed by atoms with Gasteiger partial charge in [0.15, 0.2) is 0 Å². The number of anilines is 1. The number of benzene rings is 1. The fourth-order valence-corrected chi connectivity index (χ4v) is 3.81. The standard InChI is InChI=1S/C17H26ClN3/c1-14-11-15(5-6-19-14)13-20-7-9-21(10-8-20)17-4-2-3-16(18)12-17/h2-4,12,14-15,19H,5-11,13H2,1H3. The van der Waals surface area contributed by atoms with Crippen LogP contribution in [0.25, 0.3) is 0 Å². The molecular formula is C17H26ClN3. The van der Waals surface area contributed by atoms with Gasteiger partial charge < -0.3 is 10.2 Å². The molecule has 21 heavy (non-hydrogen) atoms. The van der Waals surface area contributed by atoms with Gasteiger partial charge in [0.2, 0.25) is 0 Å².